The highest BCUT2D eigenvalue weighted by Crippen LogP contribution is 2.19. The summed E-state index contributed by atoms with van der Waals surface area (Å²) in [6.45, 7) is 0. The molecule has 0 unspecified atom stereocenters. The number of hydrogen-bond donors (Lipinski definition) is 1. The normalized spacial score (nSPS) is 11.0. The monoisotopic (exact) mass is 271 g/mol. The molecule has 98 valence electrons. The van der Waals surface area contributed by atoms with Crippen LogP contribution in [0.4, 0.5) is 5.69 Å². The summed E-state index contributed by atoms with van der Waals surface area (Å²) in [6, 6.07) is 5.90. The van der Waals surface area contributed by atoms with Gasteiger partial charge in [-0.25, -0.2) is 13.2 Å². The van der Waals surface area contributed by atoms with Crippen molar-refractivity contribution in [1.29, 1.82) is 0 Å². The lowest BCUT2D eigenvalue weighted by Gasteiger charge is -2.18. The SMILES string of the molecule is CN(C(=O)CS(C)(=O)=O)c1ccccc1C(=O)O. The number of carbonyl (C=O) groups is 2. The van der Waals surface area contributed by atoms with Gasteiger partial charge in [-0.05, 0) is 12.1 Å². The second-order valence-electron chi connectivity index (χ2n) is 3.85. The second-order valence-corrected chi connectivity index (χ2v) is 5.99. The average molecular weight is 271 g/mol. The van der Waals surface area contributed by atoms with Crippen molar-refractivity contribution in [2.24, 2.45) is 0 Å². The van der Waals surface area contributed by atoms with E-state index in [9.17, 15) is 18.0 Å². The van der Waals surface area contributed by atoms with E-state index in [1.165, 1.54) is 25.2 Å². The number of anilines is 1. The number of nitrogens with zero attached hydrogens (tertiary/aromatic N) is 1. The Kier molecular flexibility index (Phi) is 4.07. The first-order valence-electron chi connectivity index (χ1n) is 4.99. The Morgan fingerprint density at radius 1 is 1.28 bits per heavy atom. The lowest BCUT2D eigenvalue weighted by atomic mass is 10.1. The minimum absolute atomic E-state index is 0.0538. The zero-order chi connectivity index (χ0) is 13.9. The summed E-state index contributed by atoms with van der Waals surface area (Å²) in [7, 11) is -2.11. The van der Waals surface area contributed by atoms with Crippen molar-refractivity contribution in [2.45, 2.75) is 0 Å². The smallest absolute Gasteiger partial charge is 0.337 e. The Labute approximate surface area is 105 Å². The number of sulfone groups is 1. The van der Waals surface area contributed by atoms with Crippen LogP contribution in [0.3, 0.4) is 0 Å². The maximum atomic E-state index is 11.7. The fourth-order valence-electron chi connectivity index (χ4n) is 1.40. The highest BCUT2D eigenvalue weighted by molar-refractivity contribution is 7.91. The Morgan fingerprint density at radius 3 is 2.33 bits per heavy atom. The van der Waals surface area contributed by atoms with Gasteiger partial charge >= 0.3 is 5.97 Å². The van der Waals surface area contributed by atoms with Crippen LogP contribution in [0.15, 0.2) is 24.3 Å². The molecule has 0 radical (unpaired) electrons. The third kappa shape index (κ3) is 3.56. The zero-order valence-corrected chi connectivity index (χ0v) is 10.8. The Hall–Kier alpha value is -1.89. The van der Waals surface area contributed by atoms with Gasteiger partial charge in [0.2, 0.25) is 5.91 Å². The van der Waals surface area contributed by atoms with Gasteiger partial charge in [0, 0.05) is 13.3 Å². The number of amides is 1. The van der Waals surface area contributed by atoms with E-state index in [1.807, 2.05) is 0 Å². The van der Waals surface area contributed by atoms with Crippen LogP contribution in [0.25, 0.3) is 0 Å². The third-order valence-electron chi connectivity index (χ3n) is 2.26. The number of benzene rings is 1. The number of carbonyl (C=O) groups excluding carboxylic acids is 1. The van der Waals surface area contributed by atoms with Gasteiger partial charge in [-0.3, -0.25) is 4.79 Å². The minimum Gasteiger partial charge on any atom is -0.478 e. The summed E-state index contributed by atoms with van der Waals surface area (Å²) < 4.78 is 22.1. The van der Waals surface area contributed by atoms with Crippen molar-refractivity contribution in [3.05, 3.63) is 29.8 Å². The van der Waals surface area contributed by atoms with Crippen LogP contribution in [0.1, 0.15) is 10.4 Å². The van der Waals surface area contributed by atoms with Gasteiger partial charge in [0.25, 0.3) is 0 Å². The fourth-order valence-corrected chi connectivity index (χ4v) is 2.04. The first-order valence-corrected chi connectivity index (χ1v) is 7.05. The summed E-state index contributed by atoms with van der Waals surface area (Å²) in [4.78, 5) is 23.7. The van der Waals surface area contributed by atoms with E-state index in [1.54, 1.807) is 6.07 Å². The minimum atomic E-state index is -3.45. The van der Waals surface area contributed by atoms with E-state index in [-0.39, 0.29) is 11.3 Å². The van der Waals surface area contributed by atoms with Gasteiger partial charge < -0.3 is 10.0 Å². The van der Waals surface area contributed by atoms with Crippen molar-refractivity contribution in [3.63, 3.8) is 0 Å². The molecule has 1 aromatic rings. The molecular weight excluding hydrogens is 258 g/mol. The maximum Gasteiger partial charge on any atom is 0.337 e. The number of rotatable bonds is 4. The van der Waals surface area contributed by atoms with Gasteiger partial charge in [-0.15, -0.1) is 0 Å². The molecule has 0 fully saturated rings. The highest BCUT2D eigenvalue weighted by atomic mass is 32.2. The molecule has 0 aromatic heterocycles. The van der Waals surface area contributed by atoms with E-state index in [0.717, 1.165) is 11.2 Å². The Balaban J connectivity index is 3.08. The van der Waals surface area contributed by atoms with E-state index in [2.05, 4.69) is 0 Å². The first-order chi connectivity index (χ1) is 8.22. The summed E-state index contributed by atoms with van der Waals surface area (Å²) in [5, 5.41) is 8.97. The second kappa shape index (κ2) is 5.18. The molecule has 7 heteroatoms. The predicted octanol–water partition coefficient (Wildman–Crippen LogP) is 0.392. The predicted molar refractivity (Wildman–Crippen MR) is 66.5 cm³/mol. The van der Waals surface area contributed by atoms with Crippen LogP contribution >= 0.6 is 0 Å². The molecule has 1 rings (SSSR count). The van der Waals surface area contributed by atoms with Crippen molar-refractivity contribution in [1.82, 2.24) is 0 Å². The van der Waals surface area contributed by atoms with E-state index in [4.69, 9.17) is 5.11 Å². The quantitative estimate of drug-likeness (QED) is 0.855. The fraction of sp³-hybridized carbons (Fsp3) is 0.273. The van der Waals surface area contributed by atoms with E-state index in [0.29, 0.717) is 0 Å². The summed E-state index contributed by atoms with van der Waals surface area (Å²) >= 11 is 0. The number of aromatic carboxylic acids is 1. The number of para-hydroxylation sites is 1. The van der Waals surface area contributed by atoms with Crippen LogP contribution in [0.5, 0.6) is 0 Å². The molecular formula is C11H13NO5S. The first kappa shape index (κ1) is 14.2. The maximum absolute atomic E-state index is 11.7. The molecule has 0 saturated heterocycles. The molecule has 6 nitrogen and oxygen atoms in total. The van der Waals surface area contributed by atoms with Crippen LogP contribution in [-0.2, 0) is 14.6 Å². The molecule has 0 aliphatic heterocycles. The molecule has 1 amide bonds. The van der Waals surface area contributed by atoms with Gasteiger partial charge in [-0.1, -0.05) is 12.1 Å². The average Bonchev–Trinajstić information content (AvgIpc) is 2.25. The largest absolute Gasteiger partial charge is 0.478 e. The van der Waals surface area contributed by atoms with Gasteiger partial charge in [-0.2, -0.15) is 0 Å². The van der Waals surface area contributed by atoms with Crippen molar-refractivity contribution >= 4 is 27.4 Å². The van der Waals surface area contributed by atoms with Crippen molar-refractivity contribution in [2.75, 3.05) is 24.0 Å². The molecule has 0 aliphatic rings. The zero-order valence-electron chi connectivity index (χ0n) is 9.95. The summed E-state index contributed by atoms with van der Waals surface area (Å²) in [5.41, 5.74) is 0.112. The van der Waals surface area contributed by atoms with Crippen LogP contribution in [0, 0.1) is 0 Å². The van der Waals surface area contributed by atoms with E-state index < -0.39 is 27.5 Å². The van der Waals surface area contributed by atoms with Crippen LogP contribution < -0.4 is 4.90 Å². The summed E-state index contributed by atoms with van der Waals surface area (Å²) in [5.74, 6) is -2.51. The van der Waals surface area contributed by atoms with E-state index >= 15 is 0 Å². The number of carboxylic acid groups (broad SMARTS) is 1. The molecule has 0 saturated carbocycles. The number of carboxylic acids is 1. The Morgan fingerprint density at radius 2 is 1.83 bits per heavy atom. The van der Waals surface area contributed by atoms with Gasteiger partial charge in [0.1, 0.15) is 5.75 Å². The Bertz CT molecular complexity index is 579. The van der Waals surface area contributed by atoms with Crippen LogP contribution in [0.2, 0.25) is 0 Å². The van der Waals surface area contributed by atoms with Crippen molar-refractivity contribution < 1.29 is 23.1 Å². The molecule has 0 heterocycles. The highest BCUT2D eigenvalue weighted by Gasteiger charge is 2.20. The lowest BCUT2D eigenvalue weighted by Crippen LogP contribution is -2.33. The third-order valence-corrected chi connectivity index (χ3v) is 3.03. The van der Waals surface area contributed by atoms with Crippen molar-refractivity contribution in [3.8, 4) is 0 Å². The molecule has 0 bridgehead atoms. The number of hydrogen-bond acceptors (Lipinski definition) is 4. The summed E-state index contributed by atoms with van der Waals surface area (Å²) in [6.07, 6.45) is 0.946. The molecule has 0 spiro atoms. The van der Waals surface area contributed by atoms with Crippen LogP contribution in [-0.4, -0.2) is 44.5 Å². The van der Waals surface area contributed by atoms with Gasteiger partial charge in [0.15, 0.2) is 9.84 Å². The standard InChI is InChI=1S/C11H13NO5S/c1-12(10(13)7-18(2,16)17)9-6-4-3-5-8(9)11(14)15/h3-6H,7H2,1-2H3,(H,14,15). The molecule has 0 atom stereocenters. The van der Waals surface area contributed by atoms with Gasteiger partial charge in [0.05, 0.1) is 11.3 Å². The molecule has 1 aromatic carbocycles. The topological polar surface area (TPSA) is 91.8 Å². The molecule has 18 heavy (non-hydrogen) atoms. The molecule has 1 N–H and O–H groups in total. The lowest BCUT2D eigenvalue weighted by molar-refractivity contribution is -0.115. The molecule has 0 aliphatic carbocycles.